The zero-order valence-electron chi connectivity index (χ0n) is 10.2. The molecule has 0 saturated heterocycles. The van der Waals surface area contributed by atoms with Crippen molar-refractivity contribution in [3.8, 4) is 11.5 Å². The second-order valence-electron chi connectivity index (χ2n) is 3.56. The first-order valence-corrected chi connectivity index (χ1v) is 5.99. The lowest BCUT2D eigenvalue weighted by molar-refractivity contribution is 0.352. The fourth-order valence-corrected chi connectivity index (χ4v) is 2.22. The Morgan fingerprint density at radius 3 is 2.50 bits per heavy atom. The lowest BCUT2D eigenvalue weighted by Gasteiger charge is -2.15. The second kappa shape index (κ2) is 6.11. The Bertz CT molecular complexity index is 367. The summed E-state index contributed by atoms with van der Waals surface area (Å²) >= 11 is 3.55. The Morgan fingerprint density at radius 2 is 2.00 bits per heavy atom. The quantitative estimate of drug-likeness (QED) is 0.903. The van der Waals surface area contributed by atoms with Crippen LogP contribution in [0.25, 0.3) is 0 Å². The molecule has 3 nitrogen and oxygen atoms in total. The van der Waals surface area contributed by atoms with E-state index in [0.717, 1.165) is 28.9 Å². The third-order valence-electron chi connectivity index (χ3n) is 2.61. The SMILES string of the molecule is CNCCc1cc(OC)c(OC)c(Br)c1C. The summed E-state index contributed by atoms with van der Waals surface area (Å²) in [6.45, 7) is 3.03. The summed E-state index contributed by atoms with van der Waals surface area (Å²) < 4.78 is 11.6. The monoisotopic (exact) mass is 287 g/mol. The number of hydrogen-bond acceptors (Lipinski definition) is 3. The predicted molar refractivity (Wildman–Crippen MR) is 69.6 cm³/mol. The molecule has 0 spiro atoms. The van der Waals surface area contributed by atoms with Gasteiger partial charge in [-0.2, -0.15) is 0 Å². The van der Waals surface area contributed by atoms with Crippen molar-refractivity contribution in [2.45, 2.75) is 13.3 Å². The molecule has 1 aromatic carbocycles. The molecule has 0 bridgehead atoms. The predicted octanol–water partition coefficient (Wildman–Crippen LogP) is 2.54. The van der Waals surface area contributed by atoms with Gasteiger partial charge in [-0.3, -0.25) is 0 Å². The zero-order chi connectivity index (χ0) is 12.1. The van der Waals surface area contributed by atoms with Crippen LogP contribution in [0.5, 0.6) is 11.5 Å². The smallest absolute Gasteiger partial charge is 0.175 e. The van der Waals surface area contributed by atoms with Gasteiger partial charge in [0, 0.05) is 0 Å². The highest BCUT2D eigenvalue weighted by atomic mass is 79.9. The van der Waals surface area contributed by atoms with Gasteiger partial charge in [0.1, 0.15) is 0 Å². The standard InChI is InChI=1S/C12H18BrNO2/c1-8-9(5-6-14-2)7-10(15-3)12(16-4)11(8)13/h7,14H,5-6H2,1-4H3. The molecule has 0 radical (unpaired) electrons. The van der Waals surface area contributed by atoms with Crippen LogP contribution in [-0.2, 0) is 6.42 Å². The molecule has 0 heterocycles. The fraction of sp³-hybridized carbons (Fsp3) is 0.500. The topological polar surface area (TPSA) is 30.5 Å². The van der Waals surface area contributed by atoms with Crippen molar-refractivity contribution in [2.24, 2.45) is 0 Å². The molecule has 0 aliphatic carbocycles. The zero-order valence-corrected chi connectivity index (χ0v) is 11.8. The molecular weight excluding hydrogens is 270 g/mol. The second-order valence-corrected chi connectivity index (χ2v) is 4.36. The third-order valence-corrected chi connectivity index (χ3v) is 3.56. The van der Waals surface area contributed by atoms with E-state index in [2.05, 4.69) is 28.2 Å². The van der Waals surface area contributed by atoms with E-state index in [-0.39, 0.29) is 0 Å². The molecule has 16 heavy (non-hydrogen) atoms. The van der Waals surface area contributed by atoms with Gasteiger partial charge in [-0.05, 0) is 60.1 Å². The van der Waals surface area contributed by atoms with E-state index in [1.165, 1.54) is 11.1 Å². The molecule has 0 aliphatic heterocycles. The van der Waals surface area contributed by atoms with Gasteiger partial charge in [-0.15, -0.1) is 0 Å². The van der Waals surface area contributed by atoms with Crippen molar-refractivity contribution in [1.29, 1.82) is 0 Å². The average molecular weight is 288 g/mol. The molecule has 0 atom stereocenters. The maximum atomic E-state index is 5.32. The highest BCUT2D eigenvalue weighted by Crippen LogP contribution is 2.39. The number of halogens is 1. The van der Waals surface area contributed by atoms with Crippen molar-refractivity contribution in [2.75, 3.05) is 27.8 Å². The highest BCUT2D eigenvalue weighted by molar-refractivity contribution is 9.10. The molecule has 90 valence electrons. The van der Waals surface area contributed by atoms with Gasteiger partial charge in [0.05, 0.1) is 18.7 Å². The number of rotatable bonds is 5. The molecular formula is C12H18BrNO2. The molecule has 0 amide bonds. The summed E-state index contributed by atoms with van der Waals surface area (Å²) in [4.78, 5) is 0. The third kappa shape index (κ3) is 2.68. The maximum absolute atomic E-state index is 5.32. The van der Waals surface area contributed by atoms with E-state index in [0.29, 0.717) is 0 Å². The number of benzene rings is 1. The maximum Gasteiger partial charge on any atom is 0.175 e. The van der Waals surface area contributed by atoms with E-state index in [1.54, 1.807) is 14.2 Å². The summed E-state index contributed by atoms with van der Waals surface area (Å²) in [6.07, 6.45) is 0.973. The first kappa shape index (κ1) is 13.3. The van der Waals surface area contributed by atoms with Crippen molar-refractivity contribution in [1.82, 2.24) is 5.32 Å². The molecule has 1 N–H and O–H groups in total. The van der Waals surface area contributed by atoms with Gasteiger partial charge >= 0.3 is 0 Å². The van der Waals surface area contributed by atoms with Crippen molar-refractivity contribution in [3.63, 3.8) is 0 Å². The van der Waals surface area contributed by atoms with Crippen LogP contribution in [0.15, 0.2) is 10.5 Å². The van der Waals surface area contributed by atoms with Crippen molar-refractivity contribution < 1.29 is 9.47 Å². The van der Waals surface area contributed by atoms with Crippen LogP contribution in [-0.4, -0.2) is 27.8 Å². The van der Waals surface area contributed by atoms with Crippen LogP contribution < -0.4 is 14.8 Å². The van der Waals surface area contributed by atoms with Gasteiger partial charge in [-0.25, -0.2) is 0 Å². The van der Waals surface area contributed by atoms with Crippen molar-refractivity contribution in [3.05, 3.63) is 21.7 Å². The van der Waals surface area contributed by atoms with Crippen LogP contribution in [0.1, 0.15) is 11.1 Å². The van der Waals surface area contributed by atoms with Crippen LogP contribution in [0.2, 0.25) is 0 Å². The molecule has 0 unspecified atom stereocenters. The largest absolute Gasteiger partial charge is 0.493 e. The highest BCUT2D eigenvalue weighted by Gasteiger charge is 2.14. The molecule has 4 heteroatoms. The van der Waals surface area contributed by atoms with Crippen LogP contribution >= 0.6 is 15.9 Å². The van der Waals surface area contributed by atoms with E-state index >= 15 is 0 Å². The summed E-state index contributed by atoms with van der Waals surface area (Å²) in [5, 5.41) is 3.14. The first-order valence-electron chi connectivity index (χ1n) is 5.20. The van der Waals surface area contributed by atoms with Crippen LogP contribution in [0.4, 0.5) is 0 Å². The molecule has 0 aliphatic rings. The summed E-state index contributed by atoms with van der Waals surface area (Å²) in [5.41, 5.74) is 2.46. The minimum Gasteiger partial charge on any atom is -0.493 e. The minimum atomic E-state index is 0.758. The fourth-order valence-electron chi connectivity index (χ4n) is 1.61. The van der Waals surface area contributed by atoms with Gasteiger partial charge in [0.15, 0.2) is 11.5 Å². The van der Waals surface area contributed by atoms with Crippen LogP contribution in [0, 0.1) is 6.92 Å². The Balaban J connectivity index is 3.16. The normalized spacial score (nSPS) is 10.3. The van der Waals surface area contributed by atoms with Gasteiger partial charge in [-0.1, -0.05) is 0 Å². The lowest BCUT2D eigenvalue weighted by Crippen LogP contribution is -2.11. The van der Waals surface area contributed by atoms with Crippen LogP contribution in [0.3, 0.4) is 0 Å². The number of methoxy groups -OCH3 is 2. The van der Waals surface area contributed by atoms with Gasteiger partial charge in [0.2, 0.25) is 0 Å². The number of ether oxygens (including phenoxy) is 2. The van der Waals surface area contributed by atoms with E-state index in [4.69, 9.17) is 9.47 Å². The molecule has 0 fully saturated rings. The van der Waals surface area contributed by atoms with Crippen molar-refractivity contribution >= 4 is 15.9 Å². The van der Waals surface area contributed by atoms with Gasteiger partial charge < -0.3 is 14.8 Å². The Labute approximate surface area is 105 Å². The first-order chi connectivity index (χ1) is 7.65. The van der Waals surface area contributed by atoms with E-state index in [9.17, 15) is 0 Å². The van der Waals surface area contributed by atoms with E-state index in [1.807, 2.05) is 13.1 Å². The minimum absolute atomic E-state index is 0.758. The van der Waals surface area contributed by atoms with Gasteiger partial charge in [0.25, 0.3) is 0 Å². The Hall–Kier alpha value is -0.740. The number of likely N-dealkylation sites (N-methyl/N-ethyl adjacent to an activating group) is 1. The summed E-state index contributed by atoms with van der Waals surface area (Å²) in [6, 6.07) is 2.04. The summed E-state index contributed by atoms with van der Waals surface area (Å²) in [5.74, 6) is 1.53. The Morgan fingerprint density at radius 1 is 1.31 bits per heavy atom. The Kier molecular flexibility index (Phi) is 5.09. The molecule has 0 saturated carbocycles. The lowest BCUT2D eigenvalue weighted by atomic mass is 10.0. The average Bonchev–Trinajstić information content (AvgIpc) is 2.30. The molecule has 1 aromatic rings. The molecule has 1 rings (SSSR count). The number of nitrogens with one attached hydrogen (secondary N) is 1. The summed E-state index contributed by atoms with van der Waals surface area (Å²) in [7, 11) is 5.25. The number of hydrogen-bond donors (Lipinski definition) is 1. The molecule has 0 aromatic heterocycles. The van der Waals surface area contributed by atoms with E-state index < -0.39 is 0 Å².